The molecule has 3 aromatic heterocycles. The zero-order valence-corrected chi connectivity index (χ0v) is 18.6. The molecule has 0 saturated carbocycles. The van der Waals surface area contributed by atoms with Gasteiger partial charge in [0.05, 0.1) is 18.0 Å². The van der Waals surface area contributed by atoms with E-state index in [9.17, 15) is 9.59 Å². The van der Waals surface area contributed by atoms with Crippen molar-refractivity contribution in [1.29, 1.82) is 0 Å². The number of aromatic amines is 1. The first kappa shape index (κ1) is 20.7. The molecular formula is C22H27N5O2S. The van der Waals surface area contributed by atoms with E-state index in [1.165, 1.54) is 10.4 Å². The summed E-state index contributed by atoms with van der Waals surface area (Å²) in [6.07, 6.45) is 4.80. The fourth-order valence-electron chi connectivity index (χ4n) is 3.86. The van der Waals surface area contributed by atoms with Gasteiger partial charge in [-0.2, -0.15) is 0 Å². The van der Waals surface area contributed by atoms with E-state index in [0.717, 1.165) is 35.0 Å². The number of thiophene rings is 1. The number of aromatic nitrogens is 3. The Morgan fingerprint density at radius 3 is 2.97 bits per heavy atom. The minimum absolute atomic E-state index is 0.0735. The lowest BCUT2D eigenvalue weighted by atomic mass is 9.89. The Balaban J connectivity index is 1.50. The zero-order chi connectivity index (χ0) is 21.4. The molecule has 4 rings (SSSR count). The lowest BCUT2D eigenvalue weighted by Crippen LogP contribution is -2.33. The zero-order valence-electron chi connectivity index (χ0n) is 17.8. The van der Waals surface area contributed by atoms with E-state index in [-0.39, 0.29) is 24.1 Å². The van der Waals surface area contributed by atoms with E-state index in [1.54, 1.807) is 23.6 Å². The van der Waals surface area contributed by atoms with E-state index < -0.39 is 0 Å². The summed E-state index contributed by atoms with van der Waals surface area (Å²) in [4.78, 5) is 41.1. The number of rotatable bonds is 5. The van der Waals surface area contributed by atoms with E-state index in [0.29, 0.717) is 17.6 Å². The molecule has 2 unspecified atom stereocenters. The first-order valence-electron chi connectivity index (χ1n) is 10.3. The summed E-state index contributed by atoms with van der Waals surface area (Å²) in [5, 5.41) is 3.56. The Morgan fingerprint density at radius 2 is 2.23 bits per heavy atom. The van der Waals surface area contributed by atoms with Gasteiger partial charge in [0, 0.05) is 11.1 Å². The number of carbonyl (C=O) groups excluding carboxylic acids is 1. The molecule has 0 fully saturated rings. The quantitative estimate of drug-likeness (QED) is 0.653. The number of nitrogens with zero attached hydrogens (tertiary/aromatic N) is 3. The predicted octanol–water partition coefficient (Wildman–Crippen LogP) is 3.44. The standard InChI is InChI=1S/C22H27N5O2S/c1-12-5-7-15-16(9-12)30-22-19(15)21(29)25-20(26-22)14(3)27(4)11-18(28)24-17-8-6-13(2)10-23-17/h6,8,10,12,14H,5,7,9,11H2,1-4H3,(H,23,24,28)(H,25,26,29). The molecule has 0 aliphatic heterocycles. The van der Waals surface area contributed by atoms with Crippen LogP contribution in [0.25, 0.3) is 10.2 Å². The molecule has 1 aliphatic rings. The van der Waals surface area contributed by atoms with Crippen LogP contribution in [0, 0.1) is 12.8 Å². The molecule has 0 aromatic carbocycles. The molecule has 1 aliphatic carbocycles. The highest BCUT2D eigenvalue weighted by Crippen LogP contribution is 2.36. The highest BCUT2D eigenvalue weighted by Gasteiger charge is 2.25. The minimum Gasteiger partial charge on any atom is -0.310 e. The van der Waals surface area contributed by atoms with Gasteiger partial charge in [-0.1, -0.05) is 13.0 Å². The number of likely N-dealkylation sites (N-methyl/N-ethyl adjacent to an activating group) is 1. The lowest BCUT2D eigenvalue weighted by molar-refractivity contribution is -0.117. The van der Waals surface area contributed by atoms with Crippen LogP contribution in [0.4, 0.5) is 5.82 Å². The van der Waals surface area contributed by atoms with Crippen LogP contribution in [0.2, 0.25) is 0 Å². The third-order valence-corrected chi connectivity index (χ3v) is 6.96. The fourth-order valence-corrected chi connectivity index (χ4v) is 5.25. The smallest absolute Gasteiger partial charge is 0.259 e. The summed E-state index contributed by atoms with van der Waals surface area (Å²) in [5.41, 5.74) is 2.14. The molecule has 0 bridgehead atoms. The van der Waals surface area contributed by atoms with Crippen molar-refractivity contribution in [2.24, 2.45) is 5.92 Å². The van der Waals surface area contributed by atoms with Crippen LogP contribution >= 0.6 is 11.3 Å². The predicted molar refractivity (Wildman–Crippen MR) is 120 cm³/mol. The number of H-pyrrole nitrogens is 1. The van der Waals surface area contributed by atoms with Crippen LogP contribution in [0.15, 0.2) is 23.1 Å². The van der Waals surface area contributed by atoms with Crippen molar-refractivity contribution in [2.45, 2.75) is 46.1 Å². The summed E-state index contributed by atoms with van der Waals surface area (Å²) in [7, 11) is 1.85. The maximum Gasteiger partial charge on any atom is 0.259 e. The second-order valence-electron chi connectivity index (χ2n) is 8.34. The Morgan fingerprint density at radius 1 is 1.43 bits per heavy atom. The number of aryl methyl sites for hydroxylation is 2. The molecule has 3 heterocycles. The monoisotopic (exact) mass is 425 g/mol. The Hall–Kier alpha value is -2.58. The number of pyridine rings is 1. The van der Waals surface area contributed by atoms with Gasteiger partial charge in [0.2, 0.25) is 5.91 Å². The number of amides is 1. The van der Waals surface area contributed by atoms with Gasteiger partial charge in [-0.25, -0.2) is 9.97 Å². The molecule has 3 aromatic rings. The second kappa shape index (κ2) is 8.28. The molecule has 30 heavy (non-hydrogen) atoms. The fraction of sp³-hybridized carbons (Fsp3) is 0.455. The maximum atomic E-state index is 12.8. The molecule has 0 saturated heterocycles. The lowest BCUT2D eigenvalue weighted by Gasteiger charge is -2.23. The van der Waals surface area contributed by atoms with Crippen molar-refractivity contribution in [3.05, 3.63) is 50.5 Å². The van der Waals surface area contributed by atoms with Crippen LogP contribution in [0.5, 0.6) is 0 Å². The molecule has 8 heteroatoms. The van der Waals surface area contributed by atoms with Gasteiger partial charge in [0.1, 0.15) is 16.5 Å². The van der Waals surface area contributed by atoms with Gasteiger partial charge in [-0.3, -0.25) is 14.5 Å². The maximum absolute atomic E-state index is 12.8. The summed E-state index contributed by atoms with van der Waals surface area (Å²) in [5.74, 6) is 1.60. The number of carbonyl (C=O) groups is 1. The molecule has 7 nitrogen and oxygen atoms in total. The van der Waals surface area contributed by atoms with E-state index in [1.807, 2.05) is 31.9 Å². The average Bonchev–Trinajstić information content (AvgIpc) is 3.06. The van der Waals surface area contributed by atoms with E-state index >= 15 is 0 Å². The normalized spacial score (nSPS) is 17.2. The molecule has 2 N–H and O–H groups in total. The average molecular weight is 426 g/mol. The van der Waals surface area contributed by atoms with Gasteiger partial charge in [0.15, 0.2) is 0 Å². The van der Waals surface area contributed by atoms with Gasteiger partial charge in [-0.15, -0.1) is 11.3 Å². The van der Waals surface area contributed by atoms with Crippen LogP contribution < -0.4 is 10.9 Å². The Bertz CT molecular complexity index is 1130. The van der Waals surface area contributed by atoms with Crippen molar-refractivity contribution < 1.29 is 4.79 Å². The number of hydrogen-bond donors (Lipinski definition) is 2. The molecule has 158 valence electrons. The highest BCUT2D eigenvalue weighted by molar-refractivity contribution is 7.18. The summed E-state index contributed by atoms with van der Waals surface area (Å²) >= 11 is 1.64. The van der Waals surface area contributed by atoms with Crippen molar-refractivity contribution in [3.8, 4) is 0 Å². The van der Waals surface area contributed by atoms with Gasteiger partial charge in [-0.05, 0) is 63.3 Å². The number of fused-ring (bicyclic) bond motifs is 3. The second-order valence-corrected chi connectivity index (χ2v) is 9.43. The van der Waals surface area contributed by atoms with Crippen molar-refractivity contribution in [1.82, 2.24) is 19.9 Å². The largest absolute Gasteiger partial charge is 0.310 e. The first-order valence-corrected chi connectivity index (χ1v) is 11.1. The van der Waals surface area contributed by atoms with Gasteiger partial charge >= 0.3 is 0 Å². The molecule has 0 radical (unpaired) electrons. The summed E-state index contributed by atoms with van der Waals surface area (Å²) in [6, 6.07) is 3.47. The van der Waals surface area contributed by atoms with Gasteiger partial charge in [0.25, 0.3) is 5.56 Å². The molecule has 1 amide bonds. The molecule has 0 spiro atoms. The van der Waals surface area contributed by atoms with E-state index in [2.05, 4.69) is 22.2 Å². The van der Waals surface area contributed by atoms with Crippen molar-refractivity contribution >= 4 is 33.3 Å². The third-order valence-electron chi connectivity index (χ3n) is 5.81. The Labute approximate surface area is 179 Å². The van der Waals surface area contributed by atoms with Crippen LogP contribution in [0.1, 0.15) is 48.1 Å². The molecular weight excluding hydrogens is 398 g/mol. The number of hydrogen-bond acceptors (Lipinski definition) is 6. The van der Waals surface area contributed by atoms with Gasteiger partial charge < -0.3 is 10.3 Å². The summed E-state index contributed by atoms with van der Waals surface area (Å²) < 4.78 is 0. The third kappa shape index (κ3) is 4.15. The highest BCUT2D eigenvalue weighted by atomic mass is 32.1. The first-order chi connectivity index (χ1) is 14.3. The van der Waals surface area contributed by atoms with Crippen LogP contribution in [-0.4, -0.2) is 39.4 Å². The number of anilines is 1. The summed E-state index contributed by atoms with van der Waals surface area (Å²) in [6.45, 7) is 6.31. The van der Waals surface area contributed by atoms with Crippen molar-refractivity contribution in [3.63, 3.8) is 0 Å². The van der Waals surface area contributed by atoms with Crippen LogP contribution in [0.3, 0.4) is 0 Å². The SMILES string of the molecule is Cc1ccc(NC(=O)CN(C)C(C)c2nc3sc4c(c3c(=O)[nH]2)CCC(C)C4)nc1. The number of nitrogens with one attached hydrogen (secondary N) is 2. The Kier molecular flexibility index (Phi) is 5.71. The topological polar surface area (TPSA) is 91.0 Å². The van der Waals surface area contributed by atoms with E-state index in [4.69, 9.17) is 4.98 Å². The minimum atomic E-state index is -0.211. The molecule has 2 atom stereocenters. The van der Waals surface area contributed by atoms with Crippen LogP contribution in [-0.2, 0) is 17.6 Å². The van der Waals surface area contributed by atoms with Crippen molar-refractivity contribution in [2.75, 3.05) is 18.9 Å².